The van der Waals surface area contributed by atoms with Crippen LogP contribution in [0, 0.1) is 5.82 Å². The third kappa shape index (κ3) is 5.89. The third-order valence-corrected chi connectivity index (χ3v) is 3.24. The van der Waals surface area contributed by atoms with Gasteiger partial charge >= 0.3 is 0 Å². The van der Waals surface area contributed by atoms with Crippen LogP contribution < -0.4 is 5.32 Å². The molecule has 0 aliphatic heterocycles. The Morgan fingerprint density at radius 3 is 3.00 bits per heavy atom. The molecule has 0 aromatic heterocycles. The van der Waals surface area contributed by atoms with Gasteiger partial charge in [-0.05, 0) is 49.0 Å². The summed E-state index contributed by atoms with van der Waals surface area (Å²) in [5.41, 5.74) is 1.54. The second-order valence-corrected chi connectivity index (χ2v) is 4.97. The van der Waals surface area contributed by atoms with Crippen molar-refractivity contribution in [1.82, 2.24) is 5.32 Å². The van der Waals surface area contributed by atoms with Crippen LogP contribution in [0.4, 0.5) is 4.39 Å². The van der Waals surface area contributed by atoms with Crippen LogP contribution in [0.1, 0.15) is 18.4 Å². The van der Waals surface area contributed by atoms with Gasteiger partial charge in [0, 0.05) is 6.54 Å². The van der Waals surface area contributed by atoms with Crippen molar-refractivity contribution in [3.05, 3.63) is 41.3 Å². The summed E-state index contributed by atoms with van der Waals surface area (Å²) in [5.74, 6) is 2.75. The Labute approximate surface area is 112 Å². The molecule has 0 radical (unpaired) electrons. The van der Waals surface area contributed by atoms with Crippen molar-refractivity contribution in [3.8, 4) is 0 Å². The van der Waals surface area contributed by atoms with Crippen LogP contribution in [0.5, 0.6) is 0 Å². The maximum Gasteiger partial charge on any atom is 0.145 e. The molecule has 1 N–H and O–H groups in total. The van der Waals surface area contributed by atoms with Gasteiger partial charge in [-0.25, -0.2) is 9.18 Å². The Hall–Kier alpha value is -1.25. The molecule has 0 amide bonds. The van der Waals surface area contributed by atoms with Gasteiger partial charge in [0.2, 0.25) is 0 Å². The Morgan fingerprint density at radius 2 is 2.33 bits per heavy atom. The first-order valence-electron chi connectivity index (χ1n) is 5.97. The fourth-order valence-electron chi connectivity index (χ4n) is 1.62. The van der Waals surface area contributed by atoms with Gasteiger partial charge in [-0.3, -0.25) is 0 Å². The second kappa shape index (κ2) is 8.78. The highest BCUT2D eigenvalue weighted by molar-refractivity contribution is 7.98. The summed E-state index contributed by atoms with van der Waals surface area (Å²) in [6.45, 7) is 0.632. The first-order valence-corrected chi connectivity index (χ1v) is 7.37. The lowest BCUT2D eigenvalue weighted by atomic mass is 10.1. The Balaban J connectivity index is 2.29. The van der Waals surface area contributed by atoms with E-state index in [0.29, 0.717) is 18.7 Å². The fourth-order valence-corrected chi connectivity index (χ4v) is 2.05. The van der Waals surface area contributed by atoms with Gasteiger partial charge in [0.05, 0.1) is 5.70 Å². The van der Waals surface area contributed by atoms with Crippen LogP contribution in [0.15, 0.2) is 30.0 Å². The lowest BCUT2D eigenvalue weighted by molar-refractivity contribution is 0.561. The molecule has 0 saturated heterocycles. The first kappa shape index (κ1) is 14.8. The Morgan fingerprint density at radius 1 is 1.50 bits per heavy atom. The predicted molar refractivity (Wildman–Crippen MR) is 74.9 cm³/mol. The van der Waals surface area contributed by atoms with Gasteiger partial charge in [-0.15, -0.1) is 0 Å². The molecule has 0 aliphatic carbocycles. The number of benzene rings is 1. The summed E-state index contributed by atoms with van der Waals surface area (Å²) in [6, 6.07) is 6.51. The van der Waals surface area contributed by atoms with Gasteiger partial charge in [0.15, 0.2) is 0 Å². The maximum absolute atomic E-state index is 12.9. The largest absolute Gasteiger partial charge is 0.379 e. The minimum absolute atomic E-state index is 0.223. The molecular formula is C14H18FNOS. The Bertz CT molecular complexity index is 416. The van der Waals surface area contributed by atoms with Crippen molar-refractivity contribution in [2.45, 2.75) is 19.3 Å². The van der Waals surface area contributed by atoms with Crippen molar-refractivity contribution >= 4 is 17.7 Å². The molecule has 18 heavy (non-hydrogen) atoms. The summed E-state index contributed by atoms with van der Waals surface area (Å²) >= 11 is 1.76. The van der Waals surface area contributed by atoms with Gasteiger partial charge < -0.3 is 5.32 Å². The topological polar surface area (TPSA) is 29.1 Å². The summed E-state index contributed by atoms with van der Waals surface area (Å²) in [6.07, 6.45) is 4.44. The van der Waals surface area contributed by atoms with Crippen molar-refractivity contribution in [2.24, 2.45) is 0 Å². The number of allylic oxidation sites excluding steroid dienone is 1. The molecule has 0 aliphatic rings. The third-order valence-electron chi connectivity index (χ3n) is 2.54. The van der Waals surface area contributed by atoms with E-state index in [4.69, 9.17) is 0 Å². The minimum atomic E-state index is -0.223. The summed E-state index contributed by atoms with van der Waals surface area (Å²) in [7, 11) is 0. The number of thioether (sulfide) groups is 1. The summed E-state index contributed by atoms with van der Waals surface area (Å²) in [5, 5.41) is 3.06. The molecule has 0 bridgehead atoms. The Kier molecular flexibility index (Phi) is 7.23. The fraction of sp³-hybridized carbons (Fsp3) is 0.429. The first-order chi connectivity index (χ1) is 8.76. The highest BCUT2D eigenvalue weighted by atomic mass is 32.2. The van der Waals surface area contributed by atoms with Gasteiger partial charge in [-0.1, -0.05) is 12.1 Å². The van der Waals surface area contributed by atoms with E-state index in [1.807, 2.05) is 18.3 Å². The second-order valence-electron chi connectivity index (χ2n) is 3.98. The van der Waals surface area contributed by atoms with E-state index in [1.54, 1.807) is 17.8 Å². The van der Waals surface area contributed by atoms with E-state index >= 15 is 0 Å². The zero-order valence-electron chi connectivity index (χ0n) is 10.5. The van der Waals surface area contributed by atoms with E-state index in [1.165, 1.54) is 12.1 Å². The number of halogens is 1. The average molecular weight is 267 g/mol. The van der Waals surface area contributed by atoms with Crippen molar-refractivity contribution in [3.63, 3.8) is 0 Å². The summed E-state index contributed by atoms with van der Waals surface area (Å²) in [4.78, 5) is 10.7. The number of rotatable bonds is 8. The van der Waals surface area contributed by atoms with Crippen molar-refractivity contribution in [1.29, 1.82) is 0 Å². The monoisotopic (exact) mass is 267 g/mol. The van der Waals surface area contributed by atoms with E-state index in [2.05, 4.69) is 5.32 Å². The zero-order valence-corrected chi connectivity index (χ0v) is 11.4. The molecule has 1 aromatic rings. The lowest BCUT2D eigenvalue weighted by Gasteiger charge is -2.07. The molecule has 0 heterocycles. The lowest BCUT2D eigenvalue weighted by Crippen LogP contribution is -2.17. The van der Waals surface area contributed by atoms with Gasteiger partial charge in [0.25, 0.3) is 0 Å². The molecule has 4 heteroatoms. The minimum Gasteiger partial charge on any atom is -0.379 e. The van der Waals surface area contributed by atoms with E-state index in [-0.39, 0.29) is 5.82 Å². The van der Waals surface area contributed by atoms with Crippen LogP contribution in [-0.2, 0) is 11.2 Å². The van der Waals surface area contributed by atoms with Crippen molar-refractivity contribution < 1.29 is 9.18 Å². The number of carbonyl (C=O) groups excluding carboxylic acids is 1. The van der Waals surface area contributed by atoms with Crippen LogP contribution in [0.3, 0.4) is 0 Å². The summed E-state index contributed by atoms with van der Waals surface area (Å²) < 4.78 is 12.9. The molecule has 1 rings (SSSR count). The molecule has 0 atom stereocenters. The number of hydrogen-bond donors (Lipinski definition) is 1. The van der Waals surface area contributed by atoms with Crippen LogP contribution in [-0.4, -0.2) is 24.5 Å². The quantitative estimate of drug-likeness (QED) is 0.580. The van der Waals surface area contributed by atoms with Gasteiger partial charge in [-0.2, -0.15) is 11.8 Å². The van der Waals surface area contributed by atoms with Crippen molar-refractivity contribution in [2.75, 3.05) is 18.6 Å². The smallest absolute Gasteiger partial charge is 0.145 e. The van der Waals surface area contributed by atoms with E-state index in [9.17, 15) is 9.18 Å². The molecule has 0 unspecified atom stereocenters. The van der Waals surface area contributed by atoms with Gasteiger partial charge in [0.1, 0.15) is 11.8 Å². The SMILES string of the molecule is CSCCCC(=C=O)NCCc1cccc(F)c1. The molecule has 2 nitrogen and oxygen atoms in total. The van der Waals surface area contributed by atoms with Crippen LogP contribution >= 0.6 is 11.8 Å². The number of hydrogen-bond acceptors (Lipinski definition) is 3. The molecule has 0 spiro atoms. The van der Waals surface area contributed by atoms with Crippen LogP contribution in [0.25, 0.3) is 0 Å². The highest BCUT2D eigenvalue weighted by Gasteiger charge is 1.99. The molecule has 0 saturated carbocycles. The predicted octanol–water partition coefficient (Wildman–Crippen LogP) is 2.82. The normalized spacial score (nSPS) is 9.89. The van der Waals surface area contributed by atoms with E-state index in [0.717, 1.165) is 24.2 Å². The molecule has 0 fully saturated rings. The van der Waals surface area contributed by atoms with Crippen LogP contribution in [0.2, 0.25) is 0 Å². The maximum atomic E-state index is 12.9. The zero-order chi connectivity index (χ0) is 13.2. The number of nitrogens with one attached hydrogen (secondary N) is 1. The standard InChI is InChI=1S/C14H18FNOS/c1-18-9-3-6-14(11-17)16-8-7-12-4-2-5-13(15)10-12/h2,4-5,10,16H,3,6-9H2,1H3. The molecule has 98 valence electrons. The molecule has 1 aromatic carbocycles. The highest BCUT2D eigenvalue weighted by Crippen LogP contribution is 2.06. The van der Waals surface area contributed by atoms with E-state index < -0.39 is 0 Å². The molecular weight excluding hydrogens is 249 g/mol. The average Bonchev–Trinajstić information content (AvgIpc) is 2.37.